The third-order valence-electron chi connectivity index (χ3n) is 6.16. The quantitative estimate of drug-likeness (QED) is 0.900. The van der Waals surface area contributed by atoms with E-state index in [0.717, 1.165) is 25.7 Å². The van der Waals surface area contributed by atoms with Gasteiger partial charge in [-0.2, -0.15) is 0 Å². The van der Waals surface area contributed by atoms with Gasteiger partial charge in [0.15, 0.2) is 0 Å². The molecule has 3 atom stereocenters. The molecule has 0 amide bonds. The number of nitrogens with two attached hydrogens (primary N) is 1. The fourth-order valence-corrected chi connectivity index (χ4v) is 4.62. The first-order valence-electron chi connectivity index (χ1n) is 9.23. The fourth-order valence-electron chi connectivity index (χ4n) is 4.62. The number of aliphatic hydroxyl groups excluding tert-OH is 1. The Kier molecular flexibility index (Phi) is 4.19. The molecule has 0 aromatic heterocycles. The van der Waals surface area contributed by atoms with Gasteiger partial charge in [-0.25, -0.2) is 0 Å². The molecule has 2 aliphatic rings. The lowest BCUT2D eigenvalue weighted by atomic mass is 9.79. The largest absolute Gasteiger partial charge is 0.394 e. The lowest BCUT2D eigenvalue weighted by Crippen LogP contribution is -2.40. The maximum atomic E-state index is 9.49. The molecule has 4 rings (SSSR count). The minimum Gasteiger partial charge on any atom is -0.394 e. The standard InChI is InChI=1S/C22H27NO/c23-22(15-24)11-10-21(14-22)20-9-8-18-12-17(6-7-19(18)13-20)16-4-2-1-3-5-16/h1-5,8-9,13,17,21,24H,6-7,10-12,14-15,23H2/t17?,21-,22+/m0/s1. The number of fused-ring (bicyclic) bond motifs is 1. The molecule has 2 aromatic rings. The molecule has 1 fully saturated rings. The van der Waals surface area contributed by atoms with Crippen LogP contribution in [0.15, 0.2) is 48.5 Å². The summed E-state index contributed by atoms with van der Waals surface area (Å²) in [4.78, 5) is 0. The Balaban J connectivity index is 1.52. The van der Waals surface area contributed by atoms with E-state index in [9.17, 15) is 5.11 Å². The molecule has 0 aliphatic heterocycles. The number of aryl methyl sites for hydroxylation is 1. The van der Waals surface area contributed by atoms with Crippen LogP contribution in [-0.4, -0.2) is 17.3 Å². The van der Waals surface area contributed by atoms with Gasteiger partial charge in [0.1, 0.15) is 0 Å². The van der Waals surface area contributed by atoms with Crippen molar-refractivity contribution in [3.63, 3.8) is 0 Å². The van der Waals surface area contributed by atoms with Crippen LogP contribution >= 0.6 is 0 Å². The Morgan fingerprint density at radius 3 is 2.54 bits per heavy atom. The van der Waals surface area contributed by atoms with E-state index in [-0.39, 0.29) is 12.1 Å². The van der Waals surface area contributed by atoms with Crippen LogP contribution < -0.4 is 5.73 Å². The van der Waals surface area contributed by atoms with Crippen molar-refractivity contribution in [2.45, 2.75) is 55.9 Å². The van der Waals surface area contributed by atoms with Gasteiger partial charge in [0.2, 0.25) is 0 Å². The minimum atomic E-state index is -0.362. The SMILES string of the molecule is N[C@]1(CO)CC[C@H](c2ccc3c(c2)CCC(c2ccccc2)C3)C1. The van der Waals surface area contributed by atoms with Crippen LogP contribution in [0.3, 0.4) is 0 Å². The third-order valence-corrected chi connectivity index (χ3v) is 6.16. The molecule has 1 unspecified atom stereocenters. The van der Waals surface area contributed by atoms with E-state index in [4.69, 9.17) is 5.73 Å². The molecule has 3 N–H and O–H groups in total. The summed E-state index contributed by atoms with van der Waals surface area (Å²) in [5, 5.41) is 9.49. The lowest BCUT2D eigenvalue weighted by Gasteiger charge is -2.26. The van der Waals surface area contributed by atoms with Gasteiger partial charge >= 0.3 is 0 Å². The highest BCUT2D eigenvalue weighted by molar-refractivity contribution is 5.38. The van der Waals surface area contributed by atoms with Crippen molar-refractivity contribution in [2.24, 2.45) is 5.73 Å². The Morgan fingerprint density at radius 2 is 1.79 bits per heavy atom. The molecule has 2 aliphatic carbocycles. The normalized spacial score (nSPS) is 29.4. The van der Waals surface area contributed by atoms with Crippen LogP contribution in [0.2, 0.25) is 0 Å². The number of hydrogen-bond acceptors (Lipinski definition) is 2. The molecule has 0 spiro atoms. The van der Waals surface area contributed by atoms with Gasteiger partial charge in [0, 0.05) is 5.54 Å². The molecule has 2 heteroatoms. The molecule has 1 saturated carbocycles. The highest BCUT2D eigenvalue weighted by Crippen LogP contribution is 2.41. The average molecular weight is 321 g/mol. The lowest BCUT2D eigenvalue weighted by molar-refractivity contribution is 0.198. The molecule has 24 heavy (non-hydrogen) atoms. The molecular weight excluding hydrogens is 294 g/mol. The number of benzene rings is 2. The van der Waals surface area contributed by atoms with Crippen LogP contribution in [0.4, 0.5) is 0 Å². The van der Waals surface area contributed by atoms with Crippen molar-refractivity contribution in [2.75, 3.05) is 6.61 Å². The third kappa shape index (κ3) is 3.01. The predicted octanol–water partition coefficient (Wildman–Crippen LogP) is 3.92. The van der Waals surface area contributed by atoms with Crippen LogP contribution in [0, 0.1) is 0 Å². The average Bonchev–Trinajstić information content (AvgIpc) is 3.04. The Hall–Kier alpha value is -1.64. The zero-order valence-corrected chi connectivity index (χ0v) is 14.2. The maximum Gasteiger partial charge on any atom is 0.0611 e. The van der Waals surface area contributed by atoms with Gasteiger partial charge in [-0.3, -0.25) is 0 Å². The Morgan fingerprint density at radius 1 is 0.958 bits per heavy atom. The van der Waals surface area contributed by atoms with E-state index in [1.54, 1.807) is 0 Å². The summed E-state index contributed by atoms with van der Waals surface area (Å²) in [5.74, 6) is 1.17. The second-order valence-electron chi connectivity index (χ2n) is 7.84. The van der Waals surface area contributed by atoms with E-state index >= 15 is 0 Å². The van der Waals surface area contributed by atoms with Crippen molar-refractivity contribution >= 4 is 0 Å². The summed E-state index contributed by atoms with van der Waals surface area (Å²) in [5.41, 5.74) is 11.8. The second kappa shape index (κ2) is 6.34. The topological polar surface area (TPSA) is 46.2 Å². The highest BCUT2D eigenvalue weighted by Gasteiger charge is 2.36. The van der Waals surface area contributed by atoms with Crippen molar-refractivity contribution in [3.05, 3.63) is 70.8 Å². The van der Waals surface area contributed by atoms with E-state index in [1.165, 1.54) is 35.1 Å². The molecule has 0 heterocycles. The maximum absolute atomic E-state index is 9.49. The fraction of sp³-hybridized carbons (Fsp3) is 0.455. The van der Waals surface area contributed by atoms with Crippen LogP contribution in [-0.2, 0) is 12.8 Å². The van der Waals surface area contributed by atoms with Gasteiger partial charge < -0.3 is 10.8 Å². The first kappa shape index (κ1) is 15.9. The van der Waals surface area contributed by atoms with Crippen LogP contribution in [0.5, 0.6) is 0 Å². The molecule has 0 radical (unpaired) electrons. The summed E-state index contributed by atoms with van der Waals surface area (Å²) in [6, 6.07) is 18.0. The molecule has 2 nitrogen and oxygen atoms in total. The molecule has 0 saturated heterocycles. The molecule has 0 bridgehead atoms. The zero-order valence-electron chi connectivity index (χ0n) is 14.2. The monoisotopic (exact) mass is 321 g/mol. The smallest absolute Gasteiger partial charge is 0.0611 e. The van der Waals surface area contributed by atoms with E-state index in [1.807, 2.05) is 0 Å². The van der Waals surface area contributed by atoms with Crippen molar-refractivity contribution in [3.8, 4) is 0 Å². The van der Waals surface area contributed by atoms with Crippen molar-refractivity contribution in [1.29, 1.82) is 0 Å². The van der Waals surface area contributed by atoms with Gasteiger partial charge in [-0.15, -0.1) is 0 Å². The highest BCUT2D eigenvalue weighted by atomic mass is 16.3. The van der Waals surface area contributed by atoms with Gasteiger partial charge in [0.25, 0.3) is 0 Å². The second-order valence-corrected chi connectivity index (χ2v) is 7.84. The zero-order chi connectivity index (χ0) is 16.6. The van der Waals surface area contributed by atoms with Gasteiger partial charge in [0.05, 0.1) is 6.61 Å². The van der Waals surface area contributed by atoms with Crippen molar-refractivity contribution in [1.82, 2.24) is 0 Å². The van der Waals surface area contributed by atoms with E-state index < -0.39 is 0 Å². The number of hydrogen-bond donors (Lipinski definition) is 2. The molecular formula is C22H27NO. The van der Waals surface area contributed by atoms with E-state index in [2.05, 4.69) is 48.5 Å². The molecule has 2 aromatic carbocycles. The minimum absolute atomic E-state index is 0.104. The Labute approximate surface area is 144 Å². The van der Waals surface area contributed by atoms with Gasteiger partial charge in [-0.05, 0) is 72.6 Å². The number of rotatable bonds is 3. The first-order valence-corrected chi connectivity index (χ1v) is 9.23. The Bertz CT molecular complexity index is 711. The van der Waals surface area contributed by atoms with Crippen LogP contribution in [0.1, 0.15) is 59.8 Å². The first-order chi connectivity index (χ1) is 11.7. The number of aliphatic hydroxyl groups is 1. The van der Waals surface area contributed by atoms with E-state index in [0.29, 0.717) is 11.8 Å². The summed E-state index contributed by atoms with van der Waals surface area (Å²) in [6.45, 7) is 0.104. The van der Waals surface area contributed by atoms with Crippen LogP contribution in [0.25, 0.3) is 0 Å². The predicted molar refractivity (Wildman–Crippen MR) is 98.2 cm³/mol. The summed E-state index contributed by atoms with van der Waals surface area (Å²) < 4.78 is 0. The van der Waals surface area contributed by atoms with Crippen molar-refractivity contribution < 1.29 is 5.11 Å². The summed E-state index contributed by atoms with van der Waals surface area (Å²) in [7, 11) is 0. The molecule has 126 valence electrons. The summed E-state index contributed by atoms with van der Waals surface area (Å²) >= 11 is 0. The summed E-state index contributed by atoms with van der Waals surface area (Å²) in [6.07, 6.45) is 6.51. The van der Waals surface area contributed by atoms with Gasteiger partial charge in [-0.1, -0.05) is 48.5 Å².